The fraction of sp³-hybridized carbons (Fsp3) is 0.444. The molecule has 0 spiro atoms. The Morgan fingerprint density at radius 3 is 2.12 bits per heavy atom. The SMILES string of the molecule is COC(=O)/C=C/[C@@H](c1ccc(OC)c(OC)c1OC)[C@H](C)OC(C)=O. The number of rotatable bonds is 8. The molecule has 0 aliphatic carbocycles. The van der Waals surface area contributed by atoms with Gasteiger partial charge >= 0.3 is 11.9 Å². The number of carbonyl (C=O) groups is 2. The van der Waals surface area contributed by atoms with E-state index in [4.69, 9.17) is 18.9 Å². The van der Waals surface area contributed by atoms with E-state index in [0.717, 1.165) is 0 Å². The summed E-state index contributed by atoms with van der Waals surface area (Å²) in [6.45, 7) is 3.05. The van der Waals surface area contributed by atoms with Crippen LogP contribution in [0, 0.1) is 0 Å². The van der Waals surface area contributed by atoms with Gasteiger partial charge in [-0.25, -0.2) is 4.79 Å². The minimum absolute atomic E-state index is 0.411. The van der Waals surface area contributed by atoms with Crippen LogP contribution in [0.3, 0.4) is 0 Å². The van der Waals surface area contributed by atoms with Gasteiger partial charge in [-0.2, -0.15) is 0 Å². The van der Waals surface area contributed by atoms with Gasteiger partial charge in [0.1, 0.15) is 6.10 Å². The Labute approximate surface area is 147 Å². The lowest BCUT2D eigenvalue weighted by Crippen LogP contribution is -2.21. The van der Waals surface area contributed by atoms with Crippen LogP contribution in [0.25, 0.3) is 0 Å². The topological polar surface area (TPSA) is 80.3 Å². The van der Waals surface area contributed by atoms with Crippen molar-refractivity contribution in [3.05, 3.63) is 29.8 Å². The molecule has 0 aromatic heterocycles. The highest BCUT2D eigenvalue weighted by atomic mass is 16.5. The summed E-state index contributed by atoms with van der Waals surface area (Å²) in [4.78, 5) is 22.8. The minimum Gasteiger partial charge on any atom is -0.493 e. The maximum atomic E-state index is 11.5. The second kappa shape index (κ2) is 9.56. The fourth-order valence-corrected chi connectivity index (χ4v) is 2.49. The Kier molecular flexibility index (Phi) is 7.78. The summed E-state index contributed by atoms with van der Waals surface area (Å²) in [7, 11) is 5.80. The number of benzene rings is 1. The third kappa shape index (κ3) is 5.14. The van der Waals surface area contributed by atoms with Crippen LogP contribution in [0.15, 0.2) is 24.3 Å². The van der Waals surface area contributed by atoms with Crippen LogP contribution < -0.4 is 14.2 Å². The van der Waals surface area contributed by atoms with E-state index in [1.807, 2.05) is 0 Å². The largest absolute Gasteiger partial charge is 0.493 e. The summed E-state index contributed by atoms with van der Waals surface area (Å²) in [6.07, 6.45) is 2.33. The van der Waals surface area contributed by atoms with Gasteiger partial charge in [0.05, 0.1) is 28.4 Å². The standard InChI is InChI=1S/C18H24O7/c1-11(25-12(2)19)13(8-10-16(20)22-4)14-7-9-15(21-3)18(24-6)17(14)23-5/h7-11,13H,1-6H3/b10-8+/t11-,13+/m0/s1. The van der Waals surface area contributed by atoms with E-state index < -0.39 is 24.0 Å². The van der Waals surface area contributed by atoms with Gasteiger partial charge in [-0.15, -0.1) is 0 Å². The van der Waals surface area contributed by atoms with Crippen molar-refractivity contribution < 1.29 is 33.3 Å². The molecule has 25 heavy (non-hydrogen) atoms. The summed E-state index contributed by atoms with van der Waals surface area (Å²) in [6, 6.07) is 3.49. The molecule has 0 aliphatic heterocycles. The number of hydrogen-bond donors (Lipinski definition) is 0. The Bertz CT molecular complexity index is 637. The predicted molar refractivity (Wildman–Crippen MR) is 91.2 cm³/mol. The lowest BCUT2D eigenvalue weighted by atomic mass is 9.92. The maximum Gasteiger partial charge on any atom is 0.330 e. The highest BCUT2D eigenvalue weighted by molar-refractivity contribution is 5.82. The molecule has 0 bridgehead atoms. The zero-order chi connectivity index (χ0) is 19.0. The van der Waals surface area contributed by atoms with Crippen molar-refractivity contribution in [1.82, 2.24) is 0 Å². The van der Waals surface area contributed by atoms with E-state index in [1.165, 1.54) is 41.4 Å². The highest BCUT2D eigenvalue weighted by Gasteiger charge is 2.26. The average molecular weight is 352 g/mol. The molecular formula is C18H24O7. The van der Waals surface area contributed by atoms with Gasteiger partial charge in [0.25, 0.3) is 0 Å². The maximum absolute atomic E-state index is 11.5. The van der Waals surface area contributed by atoms with Crippen molar-refractivity contribution in [3.63, 3.8) is 0 Å². The molecule has 1 aromatic carbocycles. The summed E-state index contributed by atoms with van der Waals surface area (Å²) in [5.41, 5.74) is 0.675. The molecular weight excluding hydrogens is 328 g/mol. The predicted octanol–water partition coefficient (Wildman–Crippen LogP) is 2.48. The van der Waals surface area contributed by atoms with E-state index in [1.54, 1.807) is 25.1 Å². The molecule has 0 heterocycles. The third-order valence-corrected chi connectivity index (χ3v) is 3.59. The number of hydrogen-bond acceptors (Lipinski definition) is 7. The molecule has 0 unspecified atom stereocenters. The van der Waals surface area contributed by atoms with Gasteiger partial charge in [-0.3, -0.25) is 4.79 Å². The van der Waals surface area contributed by atoms with E-state index in [9.17, 15) is 9.59 Å². The van der Waals surface area contributed by atoms with Crippen LogP contribution in [0.1, 0.15) is 25.3 Å². The van der Waals surface area contributed by atoms with E-state index in [2.05, 4.69) is 4.74 Å². The van der Waals surface area contributed by atoms with Gasteiger partial charge in [-0.05, 0) is 13.0 Å². The van der Waals surface area contributed by atoms with Crippen molar-refractivity contribution in [2.24, 2.45) is 0 Å². The van der Waals surface area contributed by atoms with Crippen molar-refractivity contribution in [2.45, 2.75) is 25.9 Å². The summed E-state index contributed by atoms with van der Waals surface area (Å²) >= 11 is 0. The number of esters is 2. The Morgan fingerprint density at radius 2 is 1.64 bits per heavy atom. The lowest BCUT2D eigenvalue weighted by Gasteiger charge is -2.24. The monoisotopic (exact) mass is 352 g/mol. The number of methoxy groups -OCH3 is 4. The Balaban J connectivity index is 3.45. The zero-order valence-electron chi connectivity index (χ0n) is 15.3. The van der Waals surface area contributed by atoms with Gasteiger partial charge in [0.2, 0.25) is 5.75 Å². The molecule has 2 atom stereocenters. The summed E-state index contributed by atoms with van der Waals surface area (Å²) in [5.74, 6) is -0.0612. The molecule has 138 valence electrons. The average Bonchev–Trinajstić information content (AvgIpc) is 2.59. The Morgan fingerprint density at radius 1 is 1.00 bits per heavy atom. The molecule has 0 aliphatic rings. The van der Waals surface area contributed by atoms with Crippen LogP contribution in [-0.4, -0.2) is 46.5 Å². The second-order valence-electron chi connectivity index (χ2n) is 5.15. The van der Waals surface area contributed by atoms with Gasteiger partial charge in [0, 0.05) is 24.5 Å². The van der Waals surface area contributed by atoms with Crippen LogP contribution in [0.5, 0.6) is 17.2 Å². The van der Waals surface area contributed by atoms with E-state index in [0.29, 0.717) is 22.8 Å². The second-order valence-corrected chi connectivity index (χ2v) is 5.15. The molecule has 0 amide bonds. The minimum atomic E-state index is -0.551. The molecule has 7 nitrogen and oxygen atoms in total. The smallest absolute Gasteiger partial charge is 0.330 e. The molecule has 0 N–H and O–H groups in total. The summed E-state index contributed by atoms with van der Waals surface area (Å²) in [5, 5.41) is 0. The molecule has 0 saturated carbocycles. The van der Waals surface area contributed by atoms with Crippen LogP contribution in [0.2, 0.25) is 0 Å². The number of ether oxygens (including phenoxy) is 5. The molecule has 0 radical (unpaired) electrons. The third-order valence-electron chi connectivity index (χ3n) is 3.59. The van der Waals surface area contributed by atoms with Crippen LogP contribution >= 0.6 is 0 Å². The normalized spacial score (nSPS) is 13.0. The molecule has 1 aromatic rings. The van der Waals surface area contributed by atoms with E-state index in [-0.39, 0.29) is 0 Å². The molecule has 1 rings (SSSR count). The van der Waals surface area contributed by atoms with Crippen LogP contribution in [-0.2, 0) is 19.1 Å². The first kappa shape index (κ1) is 20.3. The fourth-order valence-electron chi connectivity index (χ4n) is 2.49. The lowest BCUT2D eigenvalue weighted by molar-refractivity contribution is -0.146. The first-order valence-electron chi connectivity index (χ1n) is 7.61. The quantitative estimate of drug-likeness (QED) is 0.525. The van der Waals surface area contributed by atoms with Gasteiger partial charge in [-0.1, -0.05) is 12.1 Å². The number of carbonyl (C=O) groups excluding carboxylic acids is 2. The van der Waals surface area contributed by atoms with E-state index >= 15 is 0 Å². The summed E-state index contributed by atoms with van der Waals surface area (Å²) < 4.78 is 26.1. The molecule has 0 fully saturated rings. The van der Waals surface area contributed by atoms with Crippen molar-refractivity contribution in [2.75, 3.05) is 28.4 Å². The first-order valence-corrected chi connectivity index (χ1v) is 7.61. The van der Waals surface area contributed by atoms with Gasteiger partial charge in [0.15, 0.2) is 11.5 Å². The first-order chi connectivity index (χ1) is 11.9. The van der Waals surface area contributed by atoms with Gasteiger partial charge < -0.3 is 23.7 Å². The van der Waals surface area contributed by atoms with Crippen molar-refractivity contribution >= 4 is 11.9 Å². The Hall–Kier alpha value is -2.70. The molecule has 0 saturated heterocycles. The highest BCUT2D eigenvalue weighted by Crippen LogP contribution is 2.44. The van der Waals surface area contributed by atoms with Crippen molar-refractivity contribution in [3.8, 4) is 17.2 Å². The van der Waals surface area contributed by atoms with Crippen LogP contribution in [0.4, 0.5) is 0 Å². The zero-order valence-corrected chi connectivity index (χ0v) is 15.3. The van der Waals surface area contributed by atoms with Crippen molar-refractivity contribution in [1.29, 1.82) is 0 Å². The molecule has 7 heteroatoms.